The summed E-state index contributed by atoms with van der Waals surface area (Å²) in [5.74, 6) is 6.32. The van der Waals surface area contributed by atoms with Crippen LogP contribution in [-0.4, -0.2) is 19.9 Å². The summed E-state index contributed by atoms with van der Waals surface area (Å²) < 4.78 is 1.40. The molecule has 0 aromatic carbocycles. The van der Waals surface area contributed by atoms with Gasteiger partial charge in [0.1, 0.15) is 11.3 Å². The lowest BCUT2D eigenvalue weighted by molar-refractivity contribution is 0.846. The van der Waals surface area contributed by atoms with Crippen LogP contribution < -0.4 is 5.84 Å². The highest BCUT2D eigenvalue weighted by Crippen LogP contribution is 2.19. The highest BCUT2D eigenvalue weighted by atomic mass is 32.2. The van der Waals surface area contributed by atoms with Crippen LogP contribution in [0.5, 0.6) is 0 Å². The van der Waals surface area contributed by atoms with Crippen molar-refractivity contribution in [1.29, 1.82) is 0 Å². The van der Waals surface area contributed by atoms with Gasteiger partial charge in [-0.2, -0.15) is 0 Å². The molecular formula is C6H7N5S2. The molecule has 0 spiro atoms. The van der Waals surface area contributed by atoms with Crippen molar-refractivity contribution in [3.8, 4) is 0 Å². The lowest BCUT2D eigenvalue weighted by Gasteiger charge is -1.96. The quantitative estimate of drug-likeness (QED) is 0.601. The molecule has 2 heterocycles. The molecule has 0 unspecified atom stereocenters. The number of nitrogens with zero attached hydrogens (tertiary/aromatic N) is 4. The molecule has 0 bridgehead atoms. The molecule has 13 heavy (non-hydrogen) atoms. The summed E-state index contributed by atoms with van der Waals surface area (Å²) in [6.07, 6.45) is 3.26. The van der Waals surface area contributed by atoms with Crippen LogP contribution in [-0.2, 0) is 5.75 Å². The molecule has 0 amide bonds. The lowest BCUT2D eigenvalue weighted by atomic mass is 10.8. The Bertz CT molecular complexity index is 368. The fourth-order valence-corrected chi connectivity index (χ4v) is 2.26. The summed E-state index contributed by atoms with van der Waals surface area (Å²) in [5.41, 5.74) is 0. The second-order valence-corrected chi connectivity index (χ2v) is 4.16. The first-order valence-corrected chi connectivity index (χ1v) is 5.39. The highest BCUT2D eigenvalue weighted by molar-refractivity contribution is 7.98. The number of hydrogen-bond donors (Lipinski definition) is 1. The zero-order valence-electron chi connectivity index (χ0n) is 6.62. The van der Waals surface area contributed by atoms with Gasteiger partial charge in [-0.15, -0.1) is 21.5 Å². The van der Waals surface area contributed by atoms with Crippen LogP contribution in [0.4, 0.5) is 0 Å². The van der Waals surface area contributed by atoms with E-state index in [9.17, 15) is 0 Å². The minimum Gasteiger partial charge on any atom is -0.336 e. The van der Waals surface area contributed by atoms with Crippen LogP contribution in [0, 0.1) is 0 Å². The smallest absolute Gasteiger partial charge is 0.209 e. The SMILES string of the molecule is Nn1cnnc1SCc1nccs1. The number of nitrogen functional groups attached to an aromatic ring is 1. The predicted molar refractivity (Wildman–Crippen MR) is 51.8 cm³/mol. The van der Waals surface area contributed by atoms with Gasteiger partial charge in [-0.3, -0.25) is 0 Å². The molecule has 0 fully saturated rings. The molecule has 2 N–H and O–H groups in total. The number of rotatable bonds is 3. The summed E-state index contributed by atoms with van der Waals surface area (Å²) in [4.78, 5) is 4.14. The molecule has 5 nitrogen and oxygen atoms in total. The van der Waals surface area contributed by atoms with Crippen molar-refractivity contribution in [2.75, 3.05) is 5.84 Å². The van der Waals surface area contributed by atoms with Gasteiger partial charge in [0.2, 0.25) is 5.16 Å². The van der Waals surface area contributed by atoms with Gasteiger partial charge in [0.25, 0.3) is 0 Å². The number of nitrogens with two attached hydrogens (primary N) is 1. The fourth-order valence-electron chi connectivity index (χ4n) is 0.786. The summed E-state index contributed by atoms with van der Waals surface area (Å²) in [7, 11) is 0. The van der Waals surface area contributed by atoms with E-state index in [1.54, 1.807) is 17.5 Å². The van der Waals surface area contributed by atoms with Crippen molar-refractivity contribution in [2.24, 2.45) is 0 Å². The van der Waals surface area contributed by atoms with Crippen molar-refractivity contribution in [3.05, 3.63) is 22.9 Å². The maximum atomic E-state index is 5.53. The molecule has 0 radical (unpaired) electrons. The van der Waals surface area contributed by atoms with Crippen molar-refractivity contribution in [1.82, 2.24) is 19.9 Å². The molecule has 0 aliphatic rings. The van der Waals surface area contributed by atoms with Crippen molar-refractivity contribution >= 4 is 23.1 Å². The first-order valence-electron chi connectivity index (χ1n) is 3.52. The van der Waals surface area contributed by atoms with Crippen molar-refractivity contribution in [2.45, 2.75) is 10.9 Å². The van der Waals surface area contributed by atoms with Crippen molar-refractivity contribution in [3.63, 3.8) is 0 Å². The van der Waals surface area contributed by atoms with Gasteiger partial charge in [0.15, 0.2) is 0 Å². The maximum Gasteiger partial charge on any atom is 0.209 e. The summed E-state index contributed by atoms with van der Waals surface area (Å²) in [5, 5.41) is 11.2. The molecule has 2 rings (SSSR count). The molecule has 0 saturated carbocycles. The summed E-state index contributed by atoms with van der Waals surface area (Å²) in [6, 6.07) is 0. The first-order chi connectivity index (χ1) is 6.36. The Kier molecular flexibility index (Phi) is 2.46. The van der Waals surface area contributed by atoms with E-state index in [2.05, 4.69) is 15.2 Å². The minimum absolute atomic E-state index is 0.704. The van der Waals surface area contributed by atoms with Gasteiger partial charge >= 0.3 is 0 Å². The molecule has 7 heteroatoms. The summed E-state index contributed by atoms with van der Waals surface area (Å²) >= 11 is 3.14. The van der Waals surface area contributed by atoms with E-state index in [0.717, 1.165) is 10.8 Å². The summed E-state index contributed by atoms with van der Waals surface area (Å²) in [6.45, 7) is 0. The Morgan fingerprint density at radius 1 is 1.62 bits per heavy atom. The fraction of sp³-hybridized carbons (Fsp3) is 0.167. The van der Waals surface area contributed by atoms with Gasteiger partial charge in [-0.1, -0.05) is 11.8 Å². The van der Waals surface area contributed by atoms with Crippen LogP contribution in [0.2, 0.25) is 0 Å². The average Bonchev–Trinajstić information content (AvgIpc) is 2.72. The molecule has 2 aromatic heterocycles. The number of aromatic nitrogens is 4. The number of thiazole rings is 1. The van der Waals surface area contributed by atoms with Crippen LogP contribution in [0.3, 0.4) is 0 Å². The van der Waals surface area contributed by atoms with E-state index >= 15 is 0 Å². The topological polar surface area (TPSA) is 69.6 Å². The third-order valence-corrected chi connectivity index (χ3v) is 3.28. The zero-order valence-corrected chi connectivity index (χ0v) is 8.25. The molecule has 0 saturated heterocycles. The van der Waals surface area contributed by atoms with E-state index < -0.39 is 0 Å². The van der Waals surface area contributed by atoms with Crippen LogP contribution in [0.1, 0.15) is 5.01 Å². The Morgan fingerprint density at radius 3 is 3.15 bits per heavy atom. The largest absolute Gasteiger partial charge is 0.336 e. The van der Waals surface area contributed by atoms with Gasteiger partial charge in [-0.05, 0) is 0 Å². The molecule has 68 valence electrons. The van der Waals surface area contributed by atoms with E-state index in [1.807, 2.05) is 5.38 Å². The number of thioether (sulfide) groups is 1. The van der Waals surface area contributed by atoms with Crippen LogP contribution >= 0.6 is 23.1 Å². The normalized spacial score (nSPS) is 10.5. The van der Waals surface area contributed by atoms with Gasteiger partial charge in [-0.25, -0.2) is 9.66 Å². The first kappa shape index (κ1) is 8.52. The zero-order chi connectivity index (χ0) is 9.10. The molecule has 0 aliphatic heterocycles. The Hall–Kier alpha value is -1.08. The minimum atomic E-state index is 0.704. The van der Waals surface area contributed by atoms with Crippen LogP contribution in [0.15, 0.2) is 23.1 Å². The standard InChI is InChI=1S/C6H7N5S2/c7-11-4-9-10-6(11)13-3-5-8-1-2-12-5/h1-2,4H,3,7H2. The van der Waals surface area contributed by atoms with Gasteiger partial charge < -0.3 is 5.84 Å². The second kappa shape index (κ2) is 3.75. The Balaban J connectivity index is 1.97. The van der Waals surface area contributed by atoms with E-state index in [-0.39, 0.29) is 0 Å². The molecule has 0 atom stereocenters. The van der Waals surface area contributed by atoms with Crippen molar-refractivity contribution < 1.29 is 0 Å². The third-order valence-electron chi connectivity index (χ3n) is 1.35. The highest BCUT2D eigenvalue weighted by Gasteiger charge is 2.03. The molecule has 0 aliphatic carbocycles. The molecule has 2 aromatic rings. The average molecular weight is 213 g/mol. The third kappa shape index (κ3) is 1.99. The van der Waals surface area contributed by atoms with Gasteiger partial charge in [0, 0.05) is 11.6 Å². The second-order valence-electron chi connectivity index (χ2n) is 2.24. The Morgan fingerprint density at radius 2 is 2.54 bits per heavy atom. The maximum absolute atomic E-state index is 5.53. The van der Waals surface area contributed by atoms with E-state index in [0.29, 0.717) is 5.16 Å². The molecular weight excluding hydrogens is 206 g/mol. The Labute approximate surface area is 83.0 Å². The van der Waals surface area contributed by atoms with E-state index in [1.165, 1.54) is 22.8 Å². The van der Waals surface area contributed by atoms with Gasteiger partial charge in [0.05, 0.1) is 5.75 Å². The predicted octanol–water partition coefficient (Wildman–Crippen LogP) is 0.741. The van der Waals surface area contributed by atoms with Crippen LogP contribution in [0.25, 0.3) is 0 Å². The number of hydrogen-bond acceptors (Lipinski definition) is 6. The monoisotopic (exact) mass is 213 g/mol. The lowest BCUT2D eigenvalue weighted by Crippen LogP contribution is -2.07. The van der Waals surface area contributed by atoms with E-state index in [4.69, 9.17) is 5.84 Å².